The van der Waals surface area contributed by atoms with Gasteiger partial charge < -0.3 is 15.2 Å². The number of nitrogens with one attached hydrogen (secondary N) is 2. The molecule has 3 N–H and O–H groups in total. The van der Waals surface area contributed by atoms with Crippen LogP contribution in [0, 0.1) is 6.92 Å². The Morgan fingerprint density at radius 1 is 1.39 bits per heavy atom. The minimum absolute atomic E-state index is 0.00518. The molecule has 0 fully saturated rings. The van der Waals surface area contributed by atoms with E-state index >= 15 is 0 Å². The van der Waals surface area contributed by atoms with Crippen molar-refractivity contribution >= 4 is 5.69 Å². The van der Waals surface area contributed by atoms with Crippen molar-refractivity contribution in [1.82, 2.24) is 5.32 Å². The Kier molecular flexibility index (Phi) is 3.25. The molecule has 0 aromatic heterocycles. The average molecular weight is 250 g/mol. The lowest BCUT2D eigenvalue weighted by molar-refractivity contribution is 0.158. The van der Waals surface area contributed by atoms with Gasteiger partial charge in [0.05, 0.1) is 7.11 Å². The Labute approximate surface area is 108 Å². The lowest BCUT2D eigenvalue weighted by Gasteiger charge is -2.33. The highest BCUT2D eigenvalue weighted by molar-refractivity contribution is 5.66. The molecule has 1 aromatic rings. The fourth-order valence-corrected chi connectivity index (χ4v) is 2.60. The summed E-state index contributed by atoms with van der Waals surface area (Å²) in [5, 5.41) is 15.7. The van der Waals surface area contributed by atoms with Crippen LogP contribution in [-0.2, 0) is 12.0 Å². The molecule has 0 amide bonds. The molecule has 0 aliphatic carbocycles. The molecule has 0 spiro atoms. The standard InChI is InChI=1S/C14H22N2O2/c1-8-6-10(18-5)11(14(2,3)4)9-7-15-13(17)16-12(8)9/h6,13,15-17H,7H2,1-5H3. The van der Waals surface area contributed by atoms with Gasteiger partial charge in [0.2, 0.25) is 0 Å². The summed E-state index contributed by atoms with van der Waals surface area (Å²) in [6, 6.07) is 2.03. The Hall–Kier alpha value is -1.26. The zero-order chi connectivity index (χ0) is 13.5. The van der Waals surface area contributed by atoms with Crippen molar-refractivity contribution in [3.63, 3.8) is 0 Å². The number of hydrogen-bond donors (Lipinski definition) is 3. The Balaban J connectivity index is 2.67. The van der Waals surface area contributed by atoms with Gasteiger partial charge in [-0.1, -0.05) is 20.8 Å². The third-order valence-electron chi connectivity index (χ3n) is 3.32. The van der Waals surface area contributed by atoms with Crippen molar-refractivity contribution < 1.29 is 9.84 Å². The van der Waals surface area contributed by atoms with Crippen molar-refractivity contribution in [1.29, 1.82) is 0 Å². The minimum atomic E-state index is -0.683. The van der Waals surface area contributed by atoms with Crippen LogP contribution in [0.4, 0.5) is 5.69 Å². The van der Waals surface area contributed by atoms with E-state index in [1.807, 2.05) is 13.0 Å². The van der Waals surface area contributed by atoms with Gasteiger partial charge in [-0.2, -0.15) is 0 Å². The van der Waals surface area contributed by atoms with Gasteiger partial charge in [0.1, 0.15) is 5.75 Å². The largest absolute Gasteiger partial charge is 0.496 e. The Morgan fingerprint density at radius 2 is 2.06 bits per heavy atom. The molecule has 0 bridgehead atoms. The highest BCUT2D eigenvalue weighted by atomic mass is 16.5. The third-order valence-corrected chi connectivity index (χ3v) is 3.32. The molecule has 2 rings (SSSR count). The molecule has 4 heteroatoms. The summed E-state index contributed by atoms with van der Waals surface area (Å²) in [5.74, 6) is 0.915. The lowest BCUT2D eigenvalue weighted by atomic mass is 9.81. The number of aryl methyl sites for hydroxylation is 1. The monoisotopic (exact) mass is 250 g/mol. The summed E-state index contributed by atoms with van der Waals surface area (Å²) in [6.45, 7) is 9.19. The van der Waals surface area contributed by atoms with Gasteiger partial charge in [0.25, 0.3) is 0 Å². The molecule has 1 aliphatic rings. The second-order valence-electron chi connectivity index (χ2n) is 5.80. The van der Waals surface area contributed by atoms with E-state index in [1.54, 1.807) is 7.11 Å². The van der Waals surface area contributed by atoms with Crippen molar-refractivity contribution in [3.05, 3.63) is 22.8 Å². The maximum absolute atomic E-state index is 9.65. The highest BCUT2D eigenvalue weighted by Crippen LogP contribution is 2.41. The molecule has 4 nitrogen and oxygen atoms in total. The minimum Gasteiger partial charge on any atom is -0.496 e. The molecule has 0 saturated heterocycles. The summed E-state index contributed by atoms with van der Waals surface area (Å²) in [6.07, 6.45) is -0.683. The lowest BCUT2D eigenvalue weighted by Crippen LogP contribution is -2.41. The van der Waals surface area contributed by atoms with Crippen LogP contribution in [0.5, 0.6) is 5.75 Å². The van der Waals surface area contributed by atoms with E-state index in [0.717, 1.165) is 17.0 Å². The van der Waals surface area contributed by atoms with Gasteiger partial charge in [0, 0.05) is 17.8 Å². The number of ether oxygens (including phenoxy) is 1. The second kappa shape index (κ2) is 4.44. The smallest absolute Gasteiger partial charge is 0.181 e. The van der Waals surface area contributed by atoms with Gasteiger partial charge in [-0.05, 0) is 29.5 Å². The molecule has 1 heterocycles. The van der Waals surface area contributed by atoms with Crippen LogP contribution in [-0.4, -0.2) is 18.6 Å². The van der Waals surface area contributed by atoms with E-state index in [1.165, 1.54) is 11.1 Å². The molecule has 0 radical (unpaired) electrons. The molecule has 1 aromatic carbocycles. The summed E-state index contributed by atoms with van der Waals surface area (Å²) in [4.78, 5) is 0. The molecular weight excluding hydrogens is 228 g/mol. The van der Waals surface area contributed by atoms with E-state index in [-0.39, 0.29) is 5.41 Å². The molecule has 100 valence electrons. The van der Waals surface area contributed by atoms with Crippen LogP contribution in [0.15, 0.2) is 6.07 Å². The van der Waals surface area contributed by atoms with Gasteiger partial charge in [-0.3, -0.25) is 5.32 Å². The van der Waals surface area contributed by atoms with Crippen molar-refractivity contribution in [2.24, 2.45) is 0 Å². The Morgan fingerprint density at radius 3 is 2.61 bits per heavy atom. The van der Waals surface area contributed by atoms with Crippen LogP contribution in [0.2, 0.25) is 0 Å². The second-order valence-corrected chi connectivity index (χ2v) is 5.80. The van der Waals surface area contributed by atoms with Crippen molar-refractivity contribution in [3.8, 4) is 5.75 Å². The van der Waals surface area contributed by atoms with Gasteiger partial charge >= 0.3 is 0 Å². The summed E-state index contributed by atoms with van der Waals surface area (Å²) in [5.41, 5.74) is 4.49. The number of methoxy groups -OCH3 is 1. The highest BCUT2D eigenvalue weighted by Gasteiger charge is 2.28. The first-order valence-corrected chi connectivity index (χ1v) is 6.23. The number of aliphatic hydroxyl groups excluding tert-OH is 1. The molecule has 1 aliphatic heterocycles. The summed E-state index contributed by atoms with van der Waals surface area (Å²) < 4.78 is 5.53. The van der Waals surface area contributed by atoms with Gasteiger partial charge in [-0.25, -0.2) is 0 Å². The number of fused-ring (bicyclic) bond motifs is 1. The predicted octanol–water partition coefficient (Wildman–Crippen LogP) is 2.09. The quantitative estimate of drug-likeness (QED) is 0.714. The maximum Gasteiger partial charge on any atom is 0.181 e. The van der Waals surface area contributed by atoms with Crippen molar-refractivity contribution in [2.45, 2.75) is 46.0 Å². The fraction of sp³-hybridized carbons (Fsp3) is 0.571. The van der Waals surface area contributed by atoms with Crippen LogP contribution in [0.1, 0.15) is 37.5 Å². The average Bonchev–Trinajstić information content (AvgIpc) is 2.27. The van der Waals surface area contributed by atoms with E-state index in [4.69, 9.17) is 4.74 Å². The van der Waals surface area contributed by atoms with Gasteiger partial charge in [0.15, 0.2) is 6.35 Å². The number of aliphatic hydroxyl groups is 1. The third kappa shape index (κ3) is 2.18. The van der Waals surface area contributed by atoms with Crippen LogP contribution in [0.25, 0.3) is 0 Å². The first-order chi connectivity index (χ1) is 8.34. The van der Waals surface area contributed by atoms with Gasteiger partial charge in [-0.15, -0.1) is 0 Å². The molecule has 1 unspecified atom stereocenters. The number of anilines is 1. The first kappa shape index (κ1) is 13.2. The number of benzene rings is 1. The van der Waals surface area contributed by atoms with E-state index in [2.05, 4.69) is 31.4 Å². The fourth-order valence-electron chi connectivity index (χ4n) is 2.60. The molecule has 0 saturated carbocycles. The SMILES string of the molecule is COc1cc(C)c2c(c1C(C)(C)C)CNC(O)N2. The topological polar surface area (TPSA) is 53.5 Å². The molecule has 1 atom stereocenters. The summed E-state index contributed by atoms with van der Waals surface area (Å²) >= 11 is 0. The van der Waals surface area contributed by atoms with E-state index in [9.17, 15) is 5.11 Å². The van der Waals surface area contributed by atoms with Crippen LogP contribution >= 0.6 is 0 Å². The van der Waals surface area contributed by atoms with Crippen LogP contribution < -0.4 is 15.4 Å². The maximum atomic E-state index is 9.65. The first-order valence-electron chi connectivity index (χ1n) is 6.23. The van der Waals surface area contributed by atoms with Crippen LogP contribution in [0.3, 0.4) is 0 Å². The van der Waals surface area contributed by atoms with Crippen molar-refractivity contribution in [2.75, 3.05) is 12.4 Å². The predicted molar refractivity (Wildman–Crippen MR) is 72.9 cm³/mol. The number of rotatable bonds is 1. The van der Waals surface area contributed by atoms with E-state index in [0.29, 0.717) is 6.54 Å². The zero-order valence-corrected chi connectivity index (χ0v) is 11.7. The summed E-state index contributed by atoms with van der Waals surface area (Å²) in [7, 11) is 1.70. The van der Waals surface area contributed by atoms with E-state index < -0.39 is 6.35 Å². The Bertz CT molecular complexity index is 464. The molecular formula is C14H22N2O2. The zero-order valence-electron chi connectivity index (χ0n) is 11.7. The number of hydrogen-bond acceptors (Lipinski definition) is 4. The normalized spacial score (nSPS) is 19.1. The molecule has 18 heavy (non-hydrogen) atoms.